The molecule has 0 bridgehead atoms. The Labute approximate surface area is 146 Å². The van der Waals surface area contributed by atoms with E-state index in [4.69, 9.17) is 9.31 Å². The maximum absolute atomic E-state index is 14.6. The first kappa shape index (κ1) is 17.8. The average molecular weight is 343 g/mol. The molecule has 6 heteroatoms. The number of rotatable bonds is 3. The zero-order chi connectivity index (χ0) is 18.2. The van der Waals surface area contributed by atoms with E-state index in [0.29, 0.717) is 16.7 Å². The van der Waals surface area contributed by atoms with Gasteiger partial charge in [-0.1, -0.05) is 12.1 Å². The van der Waals surface area contributed by atoms with Crippen molar-refractivity contribution in [1.82, 2.24) is 4.98 Å². The molecule has 0 saturated carbocycles. The Hall–Kier alpha value is -2.05. The molecule has 2 heterocycles. The number of hydrogen-bond donors (Lipinski definition) is 0. The first-order valence-electron chi connectivity index (χ1n) is 8.12. The molecule has 3 nitrogen and oxygen atoms in total. The number of aromatic nitrogens is 1. The van der Waals surface area contributed by atoms with Crippen LogP contribution in [0.5, 0.6) is 0 Å². The van der Waals surface area contributed by atoms with Gasteiger partial charge in [0.15, 0.2) is 0 Å². The molecule has 0 N–H and O–H groups in total. The Balaban J connectivity index is 1.89. The Morgan fingerprint density at radius 2 is 1.80 bits per heavy atom. The fourth-order valence-electron chi connectivity index (χ4n) is 2.56. The maximum atomic E-state index is 14.6. The molecule has 1 fully saturated rings. The van der Waals surface area contributed by atoms with E-state index in [-0.39, 0.29) is 5.82 Å². The minimum Gasteiger partial charge on any atom is -0.398 e. The molecule has 3 rings (SSSR count). The van der Waals surface area contributed by atoms with Gasteiger partial charge in [0.1, 0.15) is 11.5 Å². The highest BCUT2D eigenvalue weighted by atomic mass is 19.1. The predicted octanol–water partition coefficient (Wildman–Crippen LogP) is 4.83. The average Bonchev–Trinajstić information content (AvgIpc) is 2.78. The maximum Gasteiger partial charge on any atom is 0.525 e. The van der Waals surface area contributed by atoms with Gasteiger partial charge in [0.25, 0.3) is 0 Å². The van der Waals surface area contributed by atoms with E-state index < -0.39 is 24.0 Å². The normalized spacial score (nSPS) is 19.3. The van der Waals surface area contributed by atoms with Crippen molar-refractivity contribution in [3.8, 4) is 11.1 Å². The molecule has 0 atom stereocenters. The lowest BCUT2D eigenvalue weighted by molar-refractivity contribution is 0.00578. The minimum atomic E-state index is -1.07. The molecule has 2 aromatic rings. The molecule has 0 spiro atoms. The van der Waals surface area contributed by atoms with Crippen LogP contribution in [0.3, 0.4) is 0 Å². The van der Waals surface area contributed by atoms with E-state index >= 15 is 0 Å². The second kappa shape index (κ2) is 6.35. The number of pyridine rings is 1. The van der Waals surface area contributed by atoms with Gasteiger partial charge >= 0.3 is 7.12 Å². The molecule has 1 saturated heterocycles. The summed E-state index contributed by atoms with van der Waals surface area (Å²) in [4.78, 5) is 3.99. The fourth-order valence-corrected chi connectivity index (χ4v) is 2.56. The monoisotopic (exact) mass is 343 g/mol. The van der Waals surface area contributed by atoms with Crippen LogP contribution in [0.4, 0.5) is 8.78 Å². The standard InChI is InChI=1S/C19H20BF2NO2/c1-18(2)19(3,4)25-20(24-18)17(22)11-13-7-8-16(21)15(10-13)14-6-5-9-23-12-14/h5-12H,1-4H3. The van der Waals surface area contributed by atoms with Gasteiger partial charge in [-0.3, -0.25) is 4.98 Å². The third-order valence-electron chi connectivity index (χ3n) is 4.75. The number of hydrogen-bond acceptors (Lipinski definition) is 3. The van der Waals surface area contributed by atoms with Crippen molar-refractivity contribution < 1.29 is 18.1 Å². The van der Waals surface area contributed by atoms with Gasteiger partial charge in [-0.2, -0.15) is 0 Å². The minimum absolute atomic E-state index is 0.364. The van der Waals surface area contributed by atoms with Crippen molar-refractivity contribution in [2.45, 2.75) is 38.9 Å². The number of halogens is 2. The van der Waals surface area contributed by atoms with Crippen LogP contribution in [0.1, 0.15) is 33.3 Å². The van der Waals surface area contributed by atoms with E-state index in [9.17, 15) is 8.78 Å². The molecule has 0 unspecified atom stereocenters. The second-order valence-corrected chi connectivity index (χ2v) is 7.10. The summed E-state index contributed by atoms with van der Waals surface area (Å²) in [5.41, 5.74) is -0.274. The van der Waals surface area contributed by atoms with Crippen molar-refractivity contribution in [3.05, 3.63) is 59.8 Å². The molecule has 1 aliphatic heterocycles. The molecule has 1 aliphatic rings. The third-order valence-corrected chi connectivity index (χ3v) is 4.75. The first-order valence-corrected chi connectivity index (χ1v) is 8.12. The van der Waals surface area contributed by atoms with Gasteiger partial charge < -0.3 is 9.31 Å². The van der Waals surface area contributed by atoms with Crippen LogP contribution >= 0.6 is 0 Å². The van der Waals surface area contributed by atoms with Gasteiger partial charge in [0, 0.05) is 23.5 Å². The summed E-state index contributed by atoms with van der Waals surface area (Å²) in [6.45, 7) is 7.44. The highest BCUT2D eigenvalue weighted by molar-refractivity contribution is 6.54. The van der Waals surface area contributed by atoms with Crippen LogP contribution in [0.25, 0.3) is 17.2 Å². The van der Waals surface area contributed by atoms with Crippen LogP contribution in [0, 0.1) is 5.82 Å². The van der Waals surface area contributed by atoms with Gasteiger partial charge in [0.05, 0.1) is 11.2 Å². The van der Waals surface area contributed by atoms with E-state index in [0.717, 1.165) is 0 Å². The lowest BCUT2D eigenvalue weighted by Gasteiger charge is -2.32. The summed E-state index contributed by atoms with van der Waals surface area (Å²) < 4.78 is 40.1. The quantitative estimate of drug-likeness (QED) is 0.748. The van der Waals surface area contributed by atoms with Crippen LogP contribution in [0.15, 0.2) is 48.5 Å². The second-order valence-electron chi connectivity index (χ2n) is 7.10. The third kappa shape index (κ3) is 3.50. The smallest absolute Gasteiger partial charge is 0.398 e. The van der Waals surface area contributed by atoms with Crippen molar-refractivity contribution in [3.63, 3.8) is 0 Å². The Morgan fingerprint density at radius 3 is 2.40 bits per heavy atom. The highest BCUT2D eigenvalue weighted by Gasteiger charge is 2.53. The van der Waals surface area contributed by atoms with Crippen molar-refractivity contribution in [2.24, 2.45) is 0 Å². The lowest BCUT2D eigenvalue weighted by atomic mass is 9.86. The molecular weight excluding hydrogens is 323 g/mol. The summed E-state index contributed by atoms with van der Waals surface area (Å²) in [6.07, 6.45) is 4.49. The van der Waals surface area contributed by atoms with E-state index in [1.165, 1.54) is 18.2 Å². The molecule has 1 aromatic carbocycles. The van der Waals surface area contributed by atoms with Crippen LogP contribution < -0.4 is 0 Å². The van der Waals surface area contributed by atoms with Crippen LogP contribution in [-0.2, 0) is 9.31 Å². The summed E-state index contributed by atoms with van der Waals surface area (Å²) in [5, 5.41) is 0. The van der Waals surface area contributed by atoms with Gasteiger partial charge in [0.2, 0.25) is 0 Å². The summed E-state index contributed by atoms with van der Waals surface area (Å²) in [6, 6.07) is 7.88. The van der Waals surface area contributed by atoms with Gasteiger partial charge in [-0.25, -0.2) is 8.78 Å². The van der Waals surface area contributed by atoms with Crippen molar-refractivity contribution in [1.29, 1.82) is 0 Å². The summed E-state index contributed by atoms with van der Waals surface area (Å²) in [7, 11) is -1.07. The van der Waals surface area contributed by atoms with Crippen LogP contribution in [0.2, 0.25) is 0 Å². The van der Waals surface area contributed by atoms with Crippen molar-refractivity contribution in [2.75, 3.05) is 0 Å². The topological polar surface area (TPSA) is 31.4 Å². The molecular formula is C19H20BF2NO2. The zero-order valence-corrected chi connectivity index (χ0v) is 14.7. The number of benzene rings is 1. The molecule has 130 valence electrons. The highest BCUT2D eigenvalue weighted by Crippen LogP contribution is 2.39. The lowest BCUT2D eigenvalue weighted by Crippen LogP contribution is -2.41. The summed E-state index contributed by atoms with van der Waals surface area (Å²) >= 11 is 0. The van der Waals surface area contributed by atoms with E-state index in [1.807, 2.05) is 27.7 Å². The fraction of sp³-hybridized carbons (Fsp3) is 0.316. The van der Waals surface area contributed by atoms with E-state index in [1.54, 1.807) is 30.6 Å². The largest absolute Gasteiger partial charge is 0.525 e. The van der Waals surface area contributed by atoms with Gasteiger partial charge in [-0.05, 0) is 57.5 Å². The first-order chi connectivity index (χ1) is 11.7. The van der Waals surface area contributed by atoms with Crippen molar-refractivity contribution >= 4 is 13.2 Å². The summed E-state index contributed by atoms with van der Waals surface area (Å²) in [5.74, 6) is -0.388. The molecule has 0 radical (unpaired) electrons. The SMILES string of the molecule is CC1(C)OB(C(F)=Cc2ccc(F)c(-c3cccnc3)c2)OC1(C)C. The predicted molar refractivity (Wildman–Crippen MR) is 94.8 cm³/mol. The number of nitrogens with zero attached hydrogens (tertiary/aromatic N) is 1. The van der Waals surface area contributed by atoms with Gasteiger partial charge in [-0.15, -0.1) is 0 Å². The Morgan fingerprint density at radius 1 is 1.12 bits per heavy atom. The van der Waals surface area contributed by atoms with Crippen LogP contribution in [-0.4, -0.2) is 23.3 Å². The molecule has 1 aromatic heterocycles. The zero-order valence-electron chi connectivity index (χ0n) is 14.7. The Kier molecular flexibility index (Phi) is 4.52. The molecule has 0 amide bonds. The van der Waals surface area contributed by atoms with E-state index in [2.05, 4.69) is 4.98 Å². The Bertz CT molecular complexity index is 790. The molecule has 0 aliphatic carbocycles. The molecule has 25 heavy (non-hydrogen) atoms.